The van der Waals surface area contributed by atoms with Gasteiger partial charge in [0, 0.05) is 19.1 Å². The topological polar surface area (TPSA) is 43.0 Å². The van der Waals surface area contributed by atoms with Crippen molar-refractivity contribution in [1.82, 2.24) is 10.2 Å². The number of piperidine rings is 1. The predicted molar refractivity (Wildman–Crippen MR) is 88.6 cm³/mol. The normalized spacial score (nSPS) is 21.1. The van der Waals surface area contributed by atoms with Crippen molar-refractivity contribution >= 4 is 12.4 Å². The van der Waals surface area contributed by atoms with Gasteiger partial charge >= 0.3 is 0 Å². The van der Waals surface area contributed by atoms with Gasteiger partial charge in [-0.05, 0) is 44.1 Å². The van der Waals surface area contributed by atoms with Gasteiger partial charge < -0.3 is 24.4 Å². The van der Waals surface area contributed by atoms with Crippen LogP contribution in [0.3, 0.4) is 0 Å². The fourth-order valence-corrected chi connectivity index (χ4v) is 3.02. The van der Waals surface area contributed by atoms with Crippen LogP contribution in [-0.2, 0) is 6.54 Å². The van der Waals surface area contributed by atoms with Crippen LogP contribution in [0.25, 0.3) is 0 Å². The molecule has 1 aromatic rings. The van der Waals surface area contributed by atoms with Crippen LogP contribution < -0.4 is 19.5 Å². The summed E-state index contributed by atoms with van der Waals surface area (Å²) >= 11 is 0. The molecule has 1 atom stereocenters. The minimum atomic E-state index is 0. The molecule has 1 N–H and O–H groups in total. The molecular formula is C16H25ClN2O3. The van der Waals surface area contributed by atoms with E-state index in [1.54, 1.807) is 7.11 Å². The summed E-state index contributed by atoms with van der Waals surface area (Å²) in [6.07, 6.45) is 2.50. The van der Waals surface area contributed by atoms with Gasteiger partial charge in [0.1, 0.15) is 13.2 Å². The van der Waals surface area contributed by atoms with Crippen LogP contribution in [0.1, 0.15) is 18.4 Å². The maximum Gasteiger partial charge on any atom is 0.203 e. The molecular weight excluding hydrogens is 304 g/mol. The Bertz CT molecular complexity index is 481. The molecule has 2 aliphatic heterocycles. The van der Waals surface area contributed by atoms with E-state index in [9.17, 15) is 0 Å². The monoisotopic (exact) mass is 328 g/mol. The largest absolute Gasteiger partial charge is 0.493 e. The van der Waals surface area contributed by atoms with Gasteiger partial charge in [-0.3, -0.25) is 0 Å². The minimum Gasteiger partial charge on any atom is -0.493 e. The Labute approximate surface area is 138 Å². The third-order valence-electron chi connectivity index (χ3n) is 4.11. The molecule has 1 fully saturated rings. The molecule has 1 saturated heterocycles. The third kappa shape index (κ3) is 3.97. The van der Waals surface area contributed by atoms with Gasteiger partial charge in [0.05, 0.1) is 7.11 Å². The molecule has 124 valence electrons. The zero-order valence-corrected chi connectivity index (χ0v) is 14.1. The van der Waals surface area contributed by atoms with E-state index in [-0.39, 0.29) is 12.4 Å². The number of likely N-dealkylation sites (N-methyl/N-ethyl adjacent to an activating group) is 1. The van der Waals surface area contributed by atoms with Crippen LogP contribution in [0.4, 0.5) is 0 Å². The smallest absolute Gasteiger partial charge is 0.203 e. The SMILES string of the molecule is COc1cc(CNC2CCCN(C)C2)cc2c1OCCO2.Cl. The molecule has 2 heterocycles. The quantitative estimate of drug-likeness (QED) is 0.916. The molecule has 0 spiro atoms. The fourth-order valence-electron chi connectivity index (χ4n) is 3.02. The van der Waals surface area contributed by atoms with E-state index in [1.807, 2.05) is 6.07 Å². The lowest BCUT2D eigenvalue weighted by atomic mass is 10.1. The summed E-state index contributed by atoms with van der Waals surface area (Å²) in [5.41, 5.74) is 1.17. The van der Waals surface area contributed by atoms with Gasteiger partial charge in [-0.2, -0.15) is 0 Å². The molecule has 0 saturated carbocycles. The summed E-state index contributed by atoms with van der Waals surface area (Å²) in [6.45, 7) is 4.32. The van der Waals surface area contributed by atoms with Crippen molar-refractivity contribution in [2.24, 2.45) is 0 Å². The lowest BCUT2D eigenvalue weighted by Gasteiger charge is -2.30. The van der Waals surface area contributed by atoms with E-state index < -0.39 is 0 Å². The van der Waals surface area contributed by atoms with Crippen LogP contribution in [0.5, 0.6) is 17.2 Å². The molecule has 1 aromatic carbocycles. The van der Waals surface area contributed by atoms with Crippen LogP contribution >= 0.6 is 12.4 Å². The molecule has 3 rings (SSSR count). The van der Waals surface area contributed by atoms with Gasteiger partial charge in [-0.15, -0.1) is 12.4 Å². The van der Waals surface area contributed by atoms with Crippen LogP contribution in [0, 0.1) is 0 Å². The van der Waals surface area contributed by atoms with Crippen LogP contribution in [0.2, 0.25) is 0 Å². The van der Waals surface area contributed by atoms with Gasteiger partial charge in [0.25, 0.3) is 0 Å². The zero-order valence-electron chi connectivity index (χ0n) is 13.3. The number of halogens is 1. The van der Waals surface area contributed by atoms with Gasteiger partial charge in [-0.1, -0.05) is 0 Å². The highest BCUT2D eigenvalue weighted by molar-refractivity contribution is 5.85. The maximum atomic E-state index is 5.67. The second-order valence-electron chi connectivity index (χ2n) is 5.80. The molecule has 2 aliphatic rings. The predicted octanol–water partition coefficient (Wildman–Crippen LogP) is 2.07. The molecule has 0 aromatic heterocycles. The number of rotatable bonds is 4. The highest BCUT2D eigenvalue weighted by Gasteiger charge is 2.20. The molecule has 0 amide bonds. The highest BCUT2D eigenvalue weighted by Crippen LogP contribution is 2.40. The first-order valence-electron chi connectivity index (χ1n) is 7.64. The second kappa shape index (κ2) is 7.90. The summed E-state index contributed by atoms with van der Waals surface area (Å²) in [6, 6.07) is 4.65. The first-order valence-corrected chi connectivity index (χ1v) is 7.64. The lowest BCUT2D eigenvalue weighted by molar-refractivity contribution is 0.164. The van der Waals surface area contributed by atoms with Gasteiger partial charge in [0.2, 0.25) is 5.75 Å². The lowest BCUT2D eigenvalue weighted by Crippen LogP contribution is -2.43. The number of benzene rings is 1. The Hall–Kier alpha value is -1.17. The Balaban J connectivity index is 0.00000176. The van der Waals surface area contributed by atoms with Crippen molar-refractivity contribution in [1.29, 1.82) is 0 Å². The minimum absolute atomic E-state index is 0. The van der Waals surface area contributed by atoms with E-state index in [1.165, 1.54) is 24.9 Å². The van der Waals surface area contributed by atoms with Crippen molar-refractivity contribution in [2.45, 2.75) is 25.4 Å². The van der Waals surface area contributed by atoms with E-state index in [2.05, 4.69) is 23.3 Å². The van der Waals surface area contributed by atoms with Crippen molar-refractivity contribution < 1.29 is 14.2 Å². The molecule has 0 radical (unpaired) electrons. The number of ether oxygens (including phenoxy) is 3. The average molecular weight is 329 g/mol. The summed E-state index contributed by atoms with van der Waals surface area (Å²) < 4.78 is 16.7. The molecule has 1 unspecified atom stereocenters. The number of hydrogen-bond donors (Lipinski definition) is 1. The summed E-state index contributed by atoms with van der Waals surface area (Å²) in [7, 11) is 3.85. The van der Waals surface area contributed by atoms with Crippen molar-refractivity contribution in [3.8, 4) is 17.2 Å². The first kappa shape index (κ1) is 17.2. The number of nitrogens with zero attached hydrogens (tertiary/aromatic N) is 1. The van der Waals surface area contributed by atoms with E-state index in [0.29, 0.717) is 19.3 Å². The Kier molecular flexibility index (Phi) is 6.17. The van der Waals surface area contributed by atoms with Gasteiger partial charge in [0.15, 0.2) is 11.5 Å². The van der Waals surface area contributed by atoms with E-state index in [0.717, 1.165) is 30.3 Å². The maximum absolute atomic E-state index is 5.67. The molecule has 5 nitrogen and oxygen atoms in total. The van der Waals surface area contributed by atoms with Crippen molar-refractivity contribution in [2.75, 3.05) is 40.5 Å². The summed E-state index contributed by atoms with van der Waals surface area (Å²) in [5.74, 6) is 2.27. The van der Waals surface area contributed by atoms with Crippen LogP contribution in [-0.4, -0.2) is 51.4 Å². The molecule has 0 bridgehead atoms. The zero-order chi connectivity index (χ0) is 14.7. The van der Waals surface area contributed by atoms with Gasteiger partial charge in [-0.25, -0.2) is 0 Å². The van der Waals surface area contributed by atoms with E-state index in [4.69, 9.17) is 14.2 Å². The number of likely N-dealkylation sites (tertiary alicyclic amines) is 1. The number of fused-ring (bicyclic) bond motifs is 1. The molecule has 0 aliphatic carbocycles. The Morgan fingerprint density at radius 3 is 2.91 bits per heavy atom. The summed E-state index contributed by atoms with van der Waals surface area (Å²) in [5, 5.41) is 3.63. The Morgan fingerprint density at radius 1 is 1.32 bits per heavy atom. The standard InChI is InChI=1S/C16H24N2O3.ClH/c1-18-5-3-4-13(11-18)17-10-12-8-14(19-2)16-15(9-12)20-6-7-21-16;/h8-9,13,17H,3-7,10-11H2,1-2H3;1H. The molecule has 6 heteroatoms. The Morgan fingerprint density at radius 2 is 2.14 bits per heavy atom. The second-order valence-corrected chi connectivity index (χ2v) is 5.80. The third-order valence-corrected chi connectivity index (χ3v) is 4.11. The number of nitrogens with one attached hydrogen (secondary N) is 1. The molecule has 22 heavy (non-hydrogen) atoms. The average Bonchev–Trinajstić information content (AvgIpc) is 2.52. The highest BCUT2D eigenvalue weighted by atomic mass is 35.5. The van der Waals surface area contributed by atoms with Crippen molar-refractivity contribution in [3.63, 3.8) is 0 Å². The van der Waals surface area contributed by atoms with Crippen LogP contribution in [0.15, 0.2) is 12.1 Å². The van der Waals surface area contributed by atoms with Crippen molar-refractivity contribution in [3.05, 3.63) is 17.7 Å². The summed E-state index contributed by atoms with van der Waals surface area (Å²) in [4.78, 5) is 2.38. The first-order chi connectivity index (χ1) is 10.3. The number of hydrogen-bond acceptors (Lipinski definition) is 5. The number of methoxy groups -OCH3 is 1. The van der Waals surface area contributed by atoms with E-state index >= 15 is 0 Å². The fraction of sp³-hybridized carbons (Fsp3) is 0.625.